The van der Waals surface area contributed by atoms with Gasteiger partial charge in [0, 0.05) is 30.2 Å². The third kappa shape index (κ3) is 5.03. The minimum Gasteiger partial charge on any atom is -0.381 e. The smallest absolute Gasteiger partial charge is 0.381 e. The van der Waals surface area contributed by atoms with Crippen molar-refractivity contribution in [1.29, 1.82) is 0 Å². The first kappa shape index (κ1) is 23.2. The maximum Gasteiger partial charge on any atom is 0.405 e. The molecule has 1 amide bonds. The third-order valence-corrected chi connectivity index (χ3v) is 5.66. The Morgan fingerprint density at radius 2 is 1.88 bits per heavy atom. The van der Waals surface area contributed by atoms with Crippen LogP contribution in [-0.4, -0.2) is 46.0 Å². The Bertz CT molecular complexity index is 1230. The van der Waals surface area contributed by atoms with E-state index in [1.165, 1.54) is 0 Å². The number of carbonyl (C=O) groups is 1. The van der Waals surface area contributed by atoms with Gasteiger partial charge in [0.1, 0.15) is 12.2 Å². The van der Waals surface area contributed by atoms with Gasteiger partial charge in [-0.25, -0.2) is 0 Å². The van der Waals surface area contributed by atoms with E-state index >= 15 is 4.39 Å². The molecule has 2 aromatic heterocycles. The lowest BCUT2D eigenvalue weighted by Gasteiger charge is -2.19. The molecule has 0 saturated carbocycles. The van der Waals surface area contributed by atoms with Crippen LogP contribution in [0.25, 0.3) is 5.65 Å². The Morgan fingerprint density at radius 3 is 2.52 bits per heavy atom. The number of halogens is 5. The van der Waals surface area contributed by atoms with Crippen molar-refractivity contribution in [3.63, 3.8) is 0 Å². The number of nitrogens with zero attached hydrogens (tertiary/aromatic N) is 3. The number of nitrogens with one attached hydrogen (secondary N) is 1. The second-order valence-electron chi connectivity index (χ2n) is 7.71. The van der Waals surface area contributed by atoms with Crippen LogP contribution in [0.1, 0.15) is 40.4 Å². The summed E-state index contributed by atoms with van der Waals surface area (Å²) in [6.07, 6.45) is -3.42. The molecule has 1 N–H and O–H groups in total. The number of ether oxygens (including phenoxy) is 1. The van der Waals surface area contributed by atoms with Crippen LogP contribution < -0.4 is 10.9 Å². The molecule has 0 radical (unpaired) electrons. The van der Waals surface area contributed by atoms with Gasteiger partial charge in [-0.15, -0.1) is 0 Å². The van der Waals surface area contributed by atoms with Crippen molar-refractivity contribution >= 4 is 23.2 Å². The summed E-state index contributed by atoms with van der Waals surface area (Å²) in [6, 6.07) is 8.02. The summed E-state index contributed by atoms with van der Waals surface area (Å²) in [5.41, 5.74) is -0.969. The zero-order valence-corrected chi connectivity index (χ0v) is 17.9. The molecule has 3 aromatic rings. The van der Waals surface area contributed by atoms with Crippen LogP contribution in [0.2, 0.25) is 5.02 Å². The van der Waals surface area contributed by atoms with Crippen LogP contribution >= 0.6 is 11.6 Å². The summed E-state index contributed by atoms with van der Waals surface area (Å²) in [5, 5.41) is 6.31. The third-order valence-electron chi connectivity index (χ3n) is 5.41. The number of hydrogen-bond acceptors (Lipinski definition) is 4. The predicted octanol–water partition coefficient (Wildman–Crippen LogP) is 3.52. The summed E-state index contributed by atoms with van der Waals surface area (Å²) in [4.78, 5) is 25.3. The van der Waals surface area contributed by atoms with Gasteiger partial charge in [-0.3, -0.25) is 14.2 Å². The van der Waals surface area contributed by atoms with Crippen LogP contribution in [-0.2, 0) is 11.3 Å². The Morgan fingerprint density at radius 1 is 1.21 bits per heavy atom. The van der Waals surface area contributed by atoms with Crippen molar-refractivity contribution in [2.75, 3.05) is 19.8 Å². The second-order valence-corrected chi connectivity index (χ2v) is 8.14. The van der Waals surface area contributed by atoms with E-state index in [0.717, 1.165) is 9.08 Å². The molecular weight excluding hydrogens is 468 g/mol. The SMILES string of the molecule is O=C(NCC(F)(F)F)c1c(F)n(Cc2ccc(Cl)cc2)c2cc(C3CCOCC3)nn2c1=O. The van der Waals surface area contributed by atoms with Crippen molar-refractivity contribution in [1.82, 2.24) is 19.5 Å². The van der Waals surface area contributed by atoms with E-state index in [2.05, 4.69) is 5.10 Å². The maximum absolute atomic E-state index is 15.5. The Balaban J connectivity index is 1.83. The summed E-state index contributed by atoms with van der Waals surface area (Å²) >= 11 is 5.90. The van der Waals surface area contributed by atoms with Crippen LogP contribution in [0.15, 0.2) is 35.1 Å². The van der Waals surface area contributed by atoms with E-state index in [0.29, 0.717) is 42.3 Å². The van der Waals surface area contributed by atoms with Gasteiger partial charge >= 0.3 is 6.18 Å². The van der Waals surface area contributed by atoms with Crippen molar-refractivity contribution in [3.8, 4) is 0 Å². The number of benzene rings is 1. The quantitative estimate of drug-likeness (QED) is 0.442. The van der Waals surface area contributed by atoms with Crippen LogP contribution in [0.3, 0.4) is 0 Å². The van der Waals surface area contributed by atoms with E-state index in [1.807, 2.05) is 0 Å². The highest BCUT2D eigenvalue weighted by Gasteiger charge is 2.31. The molecule has 7 nitrogen and oxygen atoms in total. The zero-order chi connectivity index (χ0) is 23.8. The molecule has 0 spiro atoms. The molecule has 1 fully saturated rings. The topological polar surface area (TPSA) is 77.6 Å². The molecule has 0 atom stereocenters. The highest BCUT2D eigenvalue weighted by molar-refractivity contribution is 6.30. The minimum atomic E-state index is -4.72. The zero-order valence-electron chi connectivity index (χ0n) is 17.2. The van der Waals surface area contributed by atoms with E-state index in [1.54, 1.807) is 35.6 Å². The lowest BCUT2D eigenvalue weighted by molar-refractivity contribution is -0.123. The minimum absolute atomic E-state index is 0.0346. The monoisotopic (exact) mass is 486 g/mol. The standard InChI is InChI=1S/C21H19ClF4N4O3/c22-14-3-1-12(2-4-14)10-29-16-9-15(13-5-7-33-8-6-13)28-30(16)20(32)17(18(29)23)19(31)27-11-21(24,25)26/h1-4,9,13H,5-8,10-11H2,(H,27,31). The first-order chi connectivity index (χ1) is 15.6. The molecule has 1 aliphatic heterocycles. The highest BCUT2D eigenvalue weighted by atomic mass is 35.5. The summed E-state index contributed by atoms with van der Waals surface area (Å²) < 4.78 is 60.4. The maximum atomic E-state index is 15.5. The largest absolute Gasteiger partial charge is 0.405 e. The number of alkyl halides is 3. The van der Waals surface area contributed by atoms with Gasteiger partial charge in [0.05, 0.1) is 12.2 Å². The lowest BCUT2D eigenvalue weighted by Crippen LogP contribution is -2.39. The van der Waals surface area contributed by atoms with E-state index in [-0.39, 0.29) is 18.1 Å². The molecule has 3 heterocycles. The van der Waals surface area contributed by atoms with Gasteiger partial charge in [-0.05, 0) is 30.5 Å². The summed E-state index contributed by atoms with van der Waals surface area (Å²) in [6.45, 7) is -0.794. The number of amides is 1. The Kier molecular flexibility index (Phi) is 6.44. The van der Waals surface area contributed by atoms with E-state index in [9.17, 15) is 22.8 Å². The van der Waals surface area contributed by atoms with Gasteiger partial charge in [-0.2, -0.15) is 27.2 Å². The van der Waals surface area contributed by atoms with Crippen LogP contribution in [0.5, 0.6) is 0 Å². The normalized spacial score (nSPS) is 15.2. The van der Waals surface area contributed by atoms with E-state index in [4.69, 9.17) is 16.3 Å². The molecule has 176 valence electrons. The van der Waals surface area contributed by atoms with Crippen molar-refractivity contribution in [3.05, 3.63) is 68.5 Å². The molecule has 12 heteroatoms. The van der Waals surface area contributed by atoms with Gasteiger partial charge in [0.25, 0.3) is 11.5 Å². The fourth-order valence-electron chi connectivity index (χ4n) is 3.74. The predicted molar refractivity (Wildman–Crippen MR) is 111 cm³/mol. The van der Waals surface area contributed by atoms with Crippen LogP contribution in [0, 0.1) is 5.95 Å². The molecule has 4 rings (SSSR count). The van der Waals surface area contributed by atoms with Crippen molar-refractivity contribution in [2.45, 2.75) is 31.5 Å². The molecule has 0 aliphatic carbocycles. The van der Waals surface area contributed by atoms with E-state index < -0.39 is 35.7 Å². The van der Waals surface area contributed by atoms with Crippen molar-refractivity contribution in [2.24, 2.45) is 0 Å². The molecule has 1 aliphatic rings. The highest BCUT2D eigenvalue weighted by Crippen LogP contribution is 2.27. The molecule has 1 aromatic carbocycles. The summed E-state index contributed by atoms with van der Waals surface area (Å²) in [5.74, 6) is -2.75. The molecular formula is C21H19ClF4N4O3. The fourth-order valence-corrected chi connectivity index (χ4v) is 3.86. The van der Waals surface area contributed by atoms with Gasteiger partial charge in [0.2, 0.25) is 5.95 Å². The molecule has 33 heavy (non-hydrogen) atoms. The van der Waals surface area contributed by atoms with Gasteiger partial charge in [-0.1, -0.05) is 23.7 Å². The Hall–Kier alpha value is -2.92. The average molecular weight is 487 g/mol. The number of carbonyl (C=O) groups excluding carboxylic acids is 1. The van der Waals surface area contributed by atoms with Crippen molar-refractivity contribution < 1.29 is 27.1 Å². The number of aromatic nitrogens is 3. The first-order valence-electron chi connectivity index (χ1n) is 10.1. The van der Waals surface area contributed by atoms with Crippen LogP contribution in [0.4, 0.5) is 17.6 Å². The lowest BCUT2D eigenvalue weighted by atomic mass is 9.97. The average Bonchev–Trinajstić information content (AvgIpc) is 3.22. The number of rotatable bonds is 5. The molecule has 1 saturated heterocycles. The second kappa shape index (κ2) is 9.14. The number of fused-ring (bicyclic) bond motifs is 1. The summed E-state index contributed by atoms with van der Waals surface area (Å²) in [7, 11) is 0. The fraction of sp³-hybridized carbons (Fsp3) is 0.381. The first-order valence-corrected chi connectivity index (χ1v) is 10.5. The Labute approximate surface area is 189 Å². The number of hydrogen-bond donors (Lipinski definition) is 1. The molecule has 0 bridgehead atoms. The molecule has 0 unspecified atom stereocenters. The van der Waals surface area contributed by atoms with Gasteiger partial charge in [0.15, 0.2) is 5.56 Å². The van der Waals surface area contributed by atoms with Gasteiger partial charge < -0.3 is 10.1 Å².